The monoisotopic (exact) mass is 321 g/mol. The van der Waals surface area contributed by atoms with E-state index in [4.69, 9.17) is 0 Å². The molecule has 4 heteroatoms. The number of nitrogens with zero attached hydrogens (tertiary/aromatic N) is 2. The third kappa shape index (κ3) is 2.64. The number of benzene rings is 2. The smallest absolute Gasteiger partial charge is 0.257 e. The summed E-state index contributed by atoms with van der Waals surface area (Å²) in [5, 5.41) is 0. The lowest BCUT2D eigenvalue weighted by Crippen LogP contribution is -2.40. The number of ketones is 1. The van der Waals surface area contributed by atoms with E-state index in [0.717, 1.165) is 36.2 Å². The van der Waals surface area contributed by atoms with Crippen LogP contribution in [-0.2, 0) is 19.5 Å². The molecule has 1 aliphatic rings. The molecule has 1 aromatic heterocycles. The summed E-state index contributed by atoms with van der Waals surface area (Å²) in [6, 6.07) is 15.9. The number of aromatic nitrogens is 2. The zero-order valence-electron chi connectivity index (χ0n) is 13.3. The van der Waals surface area contributed by atoms with E-state index in [0.29, 0.717) is 6.54 Å². The molecule has 4 rings (SSSR count). The van der Waals surface area contributed by atoms with Gasteiger partial charge in [-0.1, -0.05) is 30.3 Å². The van der Waals surface area contributed by atoms with Crippen molar-refractivity contribution in [1.29, 1.82) is 0 Å². The molecule has 0 amide bonds. The highest BCUT2D eigenvalue weighted by atomic mass is 19.1. The Morgan fingerprint density at radius 2 is 1.83 bits per heavy atom. The van der Waals surface area contributed by atoms with Crippen LogP contribution in [0.5, 0.6) is 0 Å². The van der Waals surface area contributed by atoms with Crippen LogP contribution in [0.2, 0.25) is 0 Å². The van der Waals surface area contributed by atoms with Gasteiger partial charge in [0.2, 0.25) is 5.78 Å². The van der Waals surface area contributed by atoms with Crippen molar-refractivity contribution in [2.75, 3.05) is 0 Å². The minimum atomic E-state index is -0.237. The summed E-state index contributed by atoms with van der Waals surface area (Å²) in [5.41, 5.74) is 2.75. The highest BCUT2D eigenvalue weighted by Gasteiger charge is 2.29. The third-order valence-corrected chi connectivity index (χ3v) is 4.54. The second-order valence-corrected chi connectivity index (χ2v) is 6.11. The maximum atomic E-state index is 13.2. The molecule has 0 unspecified atom stereocenters. The van der Waals surface area contributed by atoms with E-state index in [1.807, 2.05) is 41.1 Å². The molecule has 3 nitrogen and oxygen atoms in total. The molecular formula is C20H18FN2O+. The number of hydrogen-bond donors (Lipinski definition) is 0. The van der Waals surface area contributed by atoms with Gasteiger partial charge in [0.15, 0.2) is 12.2 Å². The molecule has 3 aromatic rings. The summed E-state index contributed by atoms with van der Waals surface area (Å²) in [4.78, 5) is 12.5. The van der Waals surface area contributed by atoms with Gasteiger partial charge in [-0.15, -0.1) is 0 Å². The fourth-order valence-corrected chi connectivity index (χ4v) is 3.37. The Kier molecular flexibility index (Phi) is 3.73. The van der Waals surface area contributed by atoms with Crippen molar-refractivity contribution in [3.63, 3.8) is 0 Å². The first-order valence-corrected chi connectivity index (χ1v) is 8.18. The van der Waals surface area contributed by atoms with E-state index in [1.165, 1.54) is 18.0 Å². The third-order valence-electron chi connectivity index (χ3n) is 4.54. The molecule has 0 radical (unpaired) electrons. The first-order valence-electron chi connectivity index (χ1n) is 8.18. The number of carbonyl (C=O) groups is 1. The van der Waals surface area contributed by atoms with E-state index >= 15 is 0 Å². The molecule has 0 bridgehead atoms. The summed E-state index contributed by atoms with van der Waals surface area (Å²) in [5.74, 6) is 1.03. The topological polar surface area (TPSA) is 25.9 Å². The molecule has 0 saturated carbocycles. The maximum Gasteiger partial charge on any atom is 0.257 e. The van der Waals surface area contributed by atoms with Crippen molar-refractivity contribution in [2.45, 2.75) is 25.9 Å². The van der Waals surface area contributed by atoms with Gasteiger partial charge in [-0.2, -0.15) is 0 Å². The quantitative estimate of drug-likeness (QED) is 0.534. The minimum absolute atomic E-state index is 0.103. The zero-order valence-corrected chi connectivity index (χ0v) is 13.3. The number of halogens is 1. The number of imidazole rings is 1. The van der Waals surface area contributed by atoms with Gasteiger partial charge in [0.05, 0.1) is 13.0 Å². The average molecular weight is 321 g/mol. The fourth-order valence-electron chi connectivity index (χ4n) is 3.37. The predicted octanol–water partition coefficient (Wildman–Crippen LogP) is 3.41. The Bertz CT molecular complexity index is 882. The summed E-state index contributed by atoms with van der Waals surface area (Å²) in [6.45, 7) is 1.27. The largest absolute Gasteiger partial charge is 0.290 e. The summed E-state index contributed by atoms with van der Waals surface area (Å²) >= 11 is 0. The van der Waals surface area contributed by atoms with Crippen LogP contribution in [-0.4, -0.2) is 10.4 Å². The Labute approximate surface area is 140 Å². The number of fused-ring (bicyclic) bond motifs is 1. The zero-order chi connectivity index (χ0) is 16.5. The van der Waals surface area contributed by atoms with Crippen LogP contribution < -0.4 is 4.57 Å². The Morgan fingerprint density at radius 1 is 1.08 bits per heavy atom. The SMILES string of the molecule is O=C(C[n+]1cc(-c2ccc(F)cc2)n2c1CCC2)c1ccccc1. The van der Waals surface area contributed by atoms with Gasteiger partial charge in [-0.25, -0.2) is 13.5 Å². The van der Waals surface area contributed by atoms with Gasteiger partial charge in [0.1, 0.15) is 12.0 Å². The highest BCUT2D eigenvalue weighted by molar-refractivity contribution is 5.95. The molecule has 24 heavy (non-hydrogen) atoms. The van der Waals surface area contributed by atoms with Crippen LogP contribution in [0.4, 0.5) is 4.39 Å². The van der Waals surface area contributed by atoms with Gasteiger partial charge in [0, 0.05) is 11.1 Å². The number of Topliss-reactive ketones (excluding diaryl/α,β-unsaturated/α-hetero) is 1. The van der Waals surface area contributed by atoms with Crippen molar-refractivity contribution in [3.05, 3.63) is 78.0 Å². The van der Waals surface area contributed by atoms with Crippen LogP contribution in [0, 0.1) is 5.82 Å². The van der Waals surface area contributed by atoms with Crippen LogP contribution >= 0.6 is 0 Å². The molecule has 0 saturated heterocycles. The molecule has 0 atom stereocenters. The van der Waals surface area contributed by atoms with E-state index in [-0.39, 0.29) is 11.6 Å². The van der Waals surface area contributed by atoms with Gasteiger partial charge >= 0.3 is 0 Å². The highest BCUT2D eigenvalue weighted by Crippen LogP contribution is 2.25. The van der Waals surface area contributed by atoms with E-state index < -0.39 is 0 Å². The van der Waals surface area contributed by atoms with Crippen molar-refractivity contribution in [2.24, 2.45) is 0 Å². The van der Waals surface area contributed by atoms with Gasteiger partial charge in [-0.05, 0) is 30.7 Å². The standard InChI is InChI=1S/C20H18FN2O/c21-17-10-8-15(9-11-17)18-13-22(20-7-4-12-23(18)20)14-19(24)16-5-2-1-3-6-16/h1-3,5-6,8-11,13H,4,7,12,14H2/q+1. The molecule has 0 N–H and O–H groups in total. The molecule has 120 valence electrons. The van der Waals surface area contributed by atoms with Crippen molar-refractivity contribution < 1.29 is 13.8 Å². The molecule has 2 heterocycles. The Hall–Kier alpha value is -2.75. The van der Waals surface area contributed by atoms with Gasteiger partial charge in [-0.3, -0.25) is 4.79 Å². The Morgan fingerprint density at radius 3 is 2.58 bits per heavy atom. The van der Waals surface area contributed by atoms with Crippen molar-refractivity contribution in [1.82, 2.24) is 4.57 Å². The lowest BCUT2D eigenvalue weighted by atomic mass is 10.1. The molecule has 0 fully saturated rings. The Balaban J connectivity index is 1.69. The van der Waals surface area contributed by atoms with E-state index in [1.54, 1.807) is 12.1 Å². The van der Waals surface area contributed by atoms with E-state index in [2.05, 4.69) is 4.57 Å². The summed E-state index contributed by atoms with van der Waals surface area (Å²) in [6.07, 6.45) is 4.05. The molecule has 0 spiro atoms. The second-order valence-electron chi connectivity index (χ2n) is 6.11. The average Bonchev–Trinajstić information content (AvgIpc) is 3.20. The lowest BCUT2D eigenvalue weighted by Gasteiger charge is -1.99. The van der Waals surface area contributed by atoms with Crippen LogP contribution in [0.3, 0.4) is 0 Å². The molecule has 1 aliphatic heterocycles. The maximum absolute atomic E-state index is 13.2. The number of hydrogen-bond acceptors (Lipinski definition) is 1. The van der Waals surface area contributed by atoms with Crippen LogP contribution in [0.15, 0.2) is 60.8 Å². The van der Waals surface area contributed by atoms with E-state index in [9.17, 15) is 9.18 Å². The second kappa shape index (κ2) is 6.04. The molecular weight excluding hydrogens is 303 g/mol. The lowest BCUT2D eigenvalue weighted by molar-refractivity contribution is -0.689. The molecule has 2 aromatic carbocycles. The molecule has 0 aliphatic carbocycles. The minimum Gasteiger partial charge on any atom is -0.290 e. The first-order chi connectivity index (χ1) is 11.7. The predicted molar refractivity (Wildman–Crippen MR) is 89.1 cm³/mol. The normalized spacial score (nSPS) is 13.0. The van der Waals surface area contributed by atoms with Gasteiger partial charge in [0.25, 0.3) is 5.82 Å². The van der Waals surface area contributed by atoms with Crippen LogP contribution in [0.25, 0.3) is 11.3 Å². The number of rotatable bonds is 4. The van der Waals surface area contributed by atoms with Crippen molar-refractivity contribution in [3.8, 4) is 11.3 Å². The van der Waals surface area contributed by atoms with Crippen molar-refractivity contribution >= 4 is 5.78 Å². The summed E-state index contributed by atoms with van der Waals surface area (Å²) in [7, 11) is 0. The fraction of sp³-hybridized carbons (Fsp3) is 0.200. The van der Waals surface area contributed by atoms with Crippen LogP contribution in [0.1, 0.15) is 22.6 Å². The first kappa shape index (κ1) is 14.8. The number of carbonyl (C=O) groups excluding carboxylic acids is 1. The summed E-state index contributed by atoms with van der Waals surface area (Å²) < 4.78 is 17.5. The van der Waals surface area contributed by atoms with Gasteiger partial charge < -0.3 is 0 Å².